The molecule has 4 heteroatoms. The molecule has 58 heavy (non-hydrogen) atoms. The number of aromatic nitrogens is 2. The molecule has 0 aliphatic heterocycles. The molecule has 2 atom stereocenters. The number of hydrogen-bond acceptors (Lipinski definition) is 2. The summed E-state index contributed by atoms with van der Waals surface area (Å²) in [6.45, 7) is 0. The van der Waals surface area contributed by atoms with Gasteiger partial charge in [0.1, 0.15) is 0 Å². The SMILES string of the molecule is C1=CCC(N(C2=CCCC=C2)c2ccc3c4cc5c(cc4n4c6ccccc6c2c34)c2ccc(N(c3ccccc3)C3C=CC=CC3)c3c4ccccc4n5c23)C=C1. The highest BCUT2D eigenvalue weighted by molar-refractivity contribution is 6.31. The molecule has 0 fully saturated rings. The molecular weight excluding hydrogens is 705 g/mol. The first-order valence-corrected chi connectivity index (χ1v) is 20.8. The average molecular weight is 745 g/mol. The molecule has 0 amide bonds. The van der Waals surface area contributed by atoms with Crippen LogP contribution in [0.25, 0.3) is 76.2 Å². The third-order valence-electron chi connectivity index (χ3n) is 13.2. The summed E-state index contributed by atoms with van der Waals surface area (Å²) < 4.78 is 5.12. The smallest absolute Gasteiger partial charge is 0.0641 e. The zero-order valence-corrected chi connectivity index (χ0v) is 32.1. The normalized spacial score (nSPS) is 18.2. The Kier molecular flexibility index (Phi) is 6.77. The minimum absolute atomic E-state index is 0.216. The van der Waals surface area contributed by atoms with E-state index < -0.39 is 0 Å². The van der Waals surface area contributed by atoms with Crippen LogP contribution in [0.5, 0.6) is 0 Å². The van der Waals surface area contributed by atoms with Gasteiger partial charge in [-0.1, -0.05) is 127 Å². The monoisotopic (exact) mass is 744 g/mol. The number of allylic oxidation sites excluding steroid dienone is 7. The number of fused-ring (bicyclic) bond motifs is 12. The van der Waals surface area contributed by atoms with E-state index in [1.165, 1.54) is 98.9 Å². The summed E-state index contributed by atoms with van der Waals surface area (Å²) in [7, 11) is 0. The fourth-order valence-corrected chi connectivity index (χ4v) is 10.8. The lowest BCUT2D eigenvalue weighted by atomic mass is 9.99. The van der Waals surface area contributed by atoms with Gasteiger partial charge in [-0.3, -0.25) is 0 Å². The van der Waals surface area contributed by atoms with Crippen LogP contribution in [0.2, 0.25) is 0 Å². The van der Waals surface area contributed by atoms with Gasteiger partial charge in [-0.2, -0.15) is 0 Å². The Hall–Kier alpha value is -7.04. The third-order valence-corrected chi connectivity index (χ3v) is 13.2. The van der Waals surface area contributed by atoms with Gasteiger partial charge in [0.2, 0.25) is 0 Å². The molecule has 0 N–H and O–H groups in total. The Morgan fingerprint density at radius 3 is 1.55 bits per heavy atom. The van der Waals surface area contributed by atoms with Gasteiger partial charge in [-0.25, -0.2) is 0 Å². The van der Waals surface area contributed by atoms with Gasteiger partial charge in [-0.15, -0.1) is 0 Å². The second-order valence-corrected chi connectivity index (χ2v) is 16.2. The summed E-state index contributed by atoms with van der Waals surface area (Å²) in [6.07, 6.45) is 29.3. The van der Waals surface area contributed by atoms with Crippen LogP contribution < -0.4 is 9.80 Å². The number of rotatable bonds is 6. The van der Waals surface area contributed by atoms with Crippen LogP contribution in [-0.2, 0) is 0 Å². The molecule has 13 rings (SSSR count). The number of hydrogen-bond donors (Lipinski definition) is 0. The average Bonchev–Trinajstić information content (AvgIpc) is 4.02. The Balaban J connectivity index is 1.11. The number of benzene rings is 6. The molecule has 0 spiro atoms. The second kappa shape index (κ2) is 12.2. The number of para-hydroxylation sites is 3. The van der Waals surface area contributed by atoms with Crippen LogP contribution in [0.1, 0.15) is 25.7 Å². The quantitative estimate of drug-likeness (QED) is 0.168. The molecule has 3 aliphatic rings. The number of anilines is 3. The largest absolute Gasteiger partial charge is 0.334 e. The van der Waals surface area contributed by atoms with Gasteiger partial charge in [-0.05, 0) is 80.3 Å². The summed E-state index contributed by atoms with van der Waals surface area (Å²) in [4.78, 5) is 5.15. The highest BCUT2D eigenvalue weighted by Gasteiger charge is 2.30. The zero-order chi connectivity index (χ0) is 37.9. The number of nitrogens with zero attached hydrogens (tertiary/aromatic N) is 4. The van der Waals surface area contributed by atoms with Gasteiger partial charge >= 0.3 is 0 Å². The van der Waals surface area contributed by atoms with Crippen molar-refractivity contribution in [3.8, 4) is 0 Å². The van der Waals surface area contributed by atoms with E-state index in [4.69, 9.17) is 0 Å². The lowest BCUT2D eigenvalue weighted by Crippen LogP contribution is -2.33. The summed E-state index contributed by atoms with van der Waals surface area (Å²) in [5.41, 5.74) is 12.7. The molecule has 4 heterocycles. The van der Waals surface area contributed by atoms with Crippen molar-refractivity contribution in [3.05, 3.63) is 188 Å². The minimum atomic E-state index is 0.216. The van der Waals surface area contributed by atoms with E-state index in [-0.39, 0.29) is 12.1 Å². The molecule has 276 valence electrons. The predicted molar refractivity (Wildman–Crippen MR) is 247 cm³/mol. The van der Waals surface area contributed by atoms with Gasteiger partial charge in [0.15, 0.2) is 0 Å². The lowest BCUT2D eigenvalue weighted by Gasteiger charge is -2.35. The Bertz CT molecular complexity index is 3480. The molecule has 0 radical (unpaired) electrons. The van der Waals surface area contributed by atoms with E-state index >= 15 is 0 Å². The van der Waals surface area contributed by atoms with E-state index in [1.807, 2.05) is 0 Å². The highest BCUT2D eigenvalue weighted by atomic mass is 15.2. The molecule has 10 aromatic rings. The van der Waals surface area contributed by atoms with Crippen molar-refractivity contribution in [2.24, 2.45) is 0 Å². The topological polar surface area (TPSA) is 15.3 Å². The van der Waals surface area contributed by atoms with Crippen LogP contribution in [0, 0.1) is 0 Å². The van der Waals surface area contributed by atoms with Crippen molar-refractivity contribution >= 4 is 93.3 Å². The molecule has 2 unspecified atom stereocenters. The summed E-state index contributed by atoms with van der Waals surface area (Å²) in [5.74, 6) is 0. The zero-order valence-electron chi connectivity index (χ0n) is 32.1. The van der Waals surface area contributed by atoms with Crippen molar-refractivity contribution in [3.63, 3.8) is 0 Å². The van der Waals surface area contributed by atoms with Crippen molar-refractivity contribution in [2.45, 2.75) is 37.8 Å². The maximum atomic E-state index is 2.60. The molecular formula is C54H40N4. The van der Waals surface area contributed by atoms with Gasteiger partial charge in [0, 0.05) is 54.5 Å². The molecule has 0 bridgehead atoms. The third kappa shape index (κ3) is 4.35. The molecule has 6 aromatic carbocycles. The molecule has 0 saturated carbocycles. The second-order valence-electron chi connectivity index (χ2n) is 16.2. The van der Waals surface area contributed by atoms with E-state index in [0.29, 0.717) is 0 Å². The fraction of sp³-hybridized carbons (Fsp3) is 0.111. The van der Waals surface area contributed by atoms with Crippen LogP contribution in [-0.4, -0.2) is 20.9 Å². The van der Waals surface area contributed by atoms with Gasteiger partial charge < -0.3 is 18.6 Å². The van der Waals surface area contributed by atoms with E-state index in [9.17, 15) is 0 Å². The van der Waals surface area contributed by atoms with E-state index in [0.717, 1.165) is 25.7 Å². The standard InChI is InChI=1S/C54H40N4/c1-5-17-35(18-6-1)55(36-19-7-2-8-20-36)47-31-29-39-43-33-50-44(34-49(43)57-45-27-15-13-25-41(45)51(47)53(39)57)40-30-32-48(52-42-26-14-16-28-46(42)58(50)54(40)52)56(37-21-9-3-10-22-37)38-23-11-4-12-24-38/h1-3,5-11,13-19,21,23-34,36-37H,4,12,20,22H2. The highest BCUT2D eigenvalue weighted by Crippen LogP contribution is 2.50. The first-order valence-electron chi connectivity index (χ1n) is 20.8. The van der Waals surface area contributed by atoms with E-state index in [1.54, 1.807) is 0 Å². The van der Waals surface area contributed by atoms with Crippen molar-refractivity contribution in [2.75, 3.05) is 9.80 Å². The molecule has 0 saturated heterocycles. The van der Waals surface area contributed by atoms with Crippen molar-refractivity contribution in [1.82, 2.24) is 8.80 Å². The Morgan fingerprint density at radius 2 is 1.00 bits per heavy atom. The van der Waals surface area contributed by atoms with Gasteiger partial charge in [0.25, 0.3) is 0 Å². The predicted octanol–water partition coefficient (Wildman–Crippen LogP) is 13.9. The first-order chi connectivity index (χ1) is 28.8. The summed E-state index contributed by atoms with van der Waals surface area (Å²) in [5, 5.41) is 10.4. The van der Waals surface area contributed by atoms with Crippen molar-refractivity contribution < 1.29 is 0 Å². The van der Waals surface area contributed by atoms with Crippen LogP contribution in [0.3, 0.4) is 0 Å². The molecule has 4 aromatic heterocycles. The van der Waals surface area contributed by atoms with E-state index in [2.05, 4.69) is 201 Å². The first kappa shape index (κ1) is 32.1. The maximum Gasteiger partial charge on any atom is 0.0641 e. The van der Waals surface area contributed by atoms with Gasteiger partial charge in [0.05, 0.1) is 56.6 Å². The minimum Gasteiger partial charge on any atom is -0.334 e. The lowest BCUT2D eigenvalue weighted by molar-refractivity contribution is 0.757. The van der Waals surface area contributed by atoms with Crippen LogP contribution >= 0.6 is 0 Å². The summed E-state index contributed by atoms with van der Waals surface area (Å²) >= 11 is 0. The summed E-state index contributed by atoms with van der Waals surface area (Å²) in [6, 6.07) is 44.0. The fourth-order valence-electron chi connectivity index (χ4n) is 10.8. The maximum absolute atomic E-state index is 2.60. The Labute approximate surface area is 336 Å². The van der Waals surface area contributed by atoms with Crippen molar-refractivity contribution in [1.29, 1.82) is 0 Å². The molecule has 3 aliphatic carbocycles. The molecule has 4 nitrogen and oxygen atoms in total. The van der Waals surface area contributed by atoms with Crippen LogP contribution in [0.15, 0.2) is 188 Å². The Morgan fingerprint density at radius 1 is 0.448 bits per heavy atom. The van der Waals surface area contributed by atoms with Crippen LogP contribution in [0.4, 0.5) is 17.1 Å².